The third-order valence-electron chi connectivity index (χ3n) is 2.95. The van der Waals surface area contributed by atoms with E-state index >= 15 is 0 Å². The Morgan fingerprint density at radius 1 is 1.44 bits per heavy atom. The molecule has 1 aliphatic heterocycles. The molecular weight excluding hydrogens is 218 g/mol. The Balaban J connectivity index is 2.09. The minimum Gasteiger partial charge on any atom is -0.488 e. The van der Waals surface area contributed by atoms with Gasteiger partial charge in [-0.05, 0) is 30.5 Å². The average Bonchev–Trinajstić information content (AvgIpc) is 2.24. The molecule has 1 atom stereocenters. The van der Waals surface area contributed by atoms with Gasteiger partial charge in [-0.3, -0.25) is 0 Å². The Morgan fingerprint density at radius 2 is 2.19 bits per heavy atom. The van der Waals surface area contributed by atoms with Crippen molar-refractivity contribution < 1.29 is 4.74 Å². The molecule has 0 amide bonds. The molecule has 88 valence electrons. The van der Waals surface area contributed by atoms with Gasteiger partial charge >= 0.3 is 0 Å². The van der Waals surface area contributed by atoms with Crippen LogP contribution in [0, 0.1) is 0 Å². The van der Waals surface area contributed by atoms with Gasteiger partial charge in [0.15, 0.2) is 0 Å². The largest absolute Gasteiger partial charge is 0.488 e. The van der Waals surface area contributed by atoms with Crippen LogP contribution in [0.1, 0.15) is 24.8 Å². The summed E-state index contributed by atoms with van der Waals surface area (Å²) in [6.45, 7) is 2.94. The molecule has 1 aromatic carbocycles. The van der Waals surface area contributed by atoms with E-state index in [9.17, 15) is 0 Å². The quantitative estimate of drug-likeness (QED) is 0.855. The van der Waals surface area contributed by atoms with E-state index in [0.717, 1.165) is 30.2 Å². The Labute approximate surface area is 102 Å². The van der Waals surface area contributed by atoms with Crippen molar-refractivity contribution in [1.82, 2.24) is 0 Å². The fourth-order valence-electron chi connectivity index (χ4n) is 1.86. The molecule has 3 heteroatoms. The Kier molecular flexibility index (Phi) is 4.13. The molecule has 1 unspecified atom stereocenters. The zero-order valence-corrected chi connectivity index (χ0v) is 10.5. The van der Waals surface area contributed by atoms with Gasteiger partial charge < -0.3 is 10.5 Å². The van der Waals surface area contributed by atoms with Crippen molar-refractivity contribution in [2.45, 2.75) is 25.4 Å². The highest BCUT2D eigenvalue weighted by Crippen LogP contribution is 2.31. The SMILES string of the molecule is CC(CCN)c1ccccc1OC1CSC1. The highest BCUT2D eigenvalue weighted by Gasteiger charge is 2.21. The predicted octanol–water partition coefficient (Wildman–Crippen LogP) is 2.63. The molecule has 1 saturated heterocycles. The molecule has 2 rings (SSSR count). The van der Waals surface area contributed by atoms with E-state index < -0.39 is 0 Å². The first-order valence-corrected chi connectivity index (χ1v) is 7.00. The summed E-state index contributed by atoms with van der Waals surface area (Å²) in [6, 6.07) is 8.34. The smallest absolute Gasteiger partial charge is 0.123 e. The summed E-state index contributed by atoms with van der Waals surface area (Å²) >= 11 is 1.94. The maximum Gasteiger partial charge on any atom is 0.123 e. The summed E-state index contributed by atoms with van der Waals surface area (Å²) in [5.74, 6) is 3.78. The fraction of sp³-hybridized carbons (Fsp3) is 0.538. The van der Waals surface area contributed by atoms with Crippen molar-refractivity contribution in [2.24, 2.45) is 5.73 Å². The first kappa shape index (κ1) is 11.8. The fourth-order valence-corrected chi connectivity index (χ4v) is 2.43. The zero-order chi connectivity index (χ0) is 11.4. The summed E-state index contributed by atoms with van der Waals surface area (Å²) in [5.41, 5.74) is 6.91. The zero-order valence-electron chi connectivity index (χ0n) is 9.69. The van der Waals surface area contributed by atoms with Gasteiger partial charge in [0, 0.05) is 11.5 Å². The number of thioether (sulfide) groups is 1. The third kappa shape index (κ3) is 2.71. The summed E-state index contributed by atoms with van der Waals surface area (Å²) in [7, 11) is 0. The van der Waals surface area contributed by atoms with Gasteiger partial charge in [0.1, 0.15) is 11.9 Å². The average molecular weight is 237 g/mol. The van der Waals surface area contributed by atoms with Crippen LogP contribution in [0.15, 0.2) is 24.3 Å². The first-order chi connectivity index (χ1) is 7.81. The summed E-state index contributed by atoms with van der Waals surface area (Å²) in [6.07, 6.45) is 1.43. The highest BCUT2D eigenvalue weighted by atomic mass is 32.2. The van der Waals surface area contributed by atoms with Gasteiger partial charge in [-0.1, -0.05) is 25.1 Å². The molecule has 1 aromatic rings. The molecule has 0 radical (unpaired) electrons. The molecule has 0 aromatic heterocycles. The summed E-state index contributed by atoms with van der Waals surface area (Å²) < 4.78 is 5.99. The van der Waals surface area contributed by atoms with E-state index in [2.05, 4.69) is 25.1 Å². The lowest BCUT2D eigenvalue weighted by atomic mass is 9.97. The molecule has 1 fully saturated rings. The second-order valence-corrected chi connectivity index (χ2v) is 5.37. The van der Waals surface area contributed by atoms with Crippen molar-refractivity contribution in [3.8, 4) is 5.75 Å². The van der Waals surface area contributed by atoms with Crippen LogP contribution in [0.4, 0.5) is 0 Å². The molecule has 0 bridgehead atoms. The molecule has 16 heavy (non-hydrogen) atoms. The van der Waals surface area contributed by atoms with Crippen LogP contribution in [0.25, 0.3) is 0 Å². The lowest BCUT2D eigenvalue weighted by Gasteiger charge is -2.28. The van der Waals surface area contributed by atoms with Gasteiger partial charge in [0.05, 0.1) is 0 Å². The number of para-hydroxylation sites is 1. The standard InChI is InChI=1S/C13H19NOS/c1-10(6-7-14)12-4-2-3-5-13(12)15-11-8-16-9-11/h2-5,10-11H,6-9,14H2,1H3. The van der Waals surface area contributed by atoms with Crippen LogP contribution in [0.3, 0.4) is 0 Å². The lowest BCUT2D eigenvalue weighted by molar-refractivity contribution is 0.236. The molecule has 0 spiro atoms. The number of ether oxygens (including phenoxy) is 1. The minimum atomic E-state index is 0.413. The monoisotopic (exact) mass is 237 g/mol. The number of hydrogen-bond acceptors (Lipinski definition) is 3. The topological polar surface area (TPSA) is 35.2 Å². The van der Waals surface area contributed by atoms with Gasteiger partial charge in [0.2, 0.25) is 0 Å². The molecule has 1 heterocycles. The summed E-state index contributed by atoms with van der Waals surface area (Å²) in [4.78, 5) is 0. The van der Waals surface area contributed by atoms with E-state index in [1.807, 2.05) is 17.8 Å². The van der Waals surface area contributed by atoms with E-state index in [1.54, 1.807) is 0 Å². The molecule has 0 aliphatic carbocycles. The molecule has 2 nitrogen and oxygen atoms in total. The minimum absolute atomic E-state index is 0.413. The van der Waals surface area contributed by atoms with Crippen LogP contribution >= 0.6 is 11.8 Å². The van der Waals surface area contributed by atoms with Gasteiger partial charge in [-0.25, -0.2) is 0 Å². The van der Waals surface area contributed by atoms with Gasteiger partial charge in [-0.15, -0.1) is 0 Å². The van der Waals surface area contributed by atoms with Crippen molar-refractivity contribution in [1.29, 1.82) is 0 Å². The molecule has 0 saturated carbocycles. The van der Waals surface area contributed by atoms with E-state index in [0.29, 0.717) is 12.0 Å². The third-order valence-corrected chi connectivity index (χ3v) is 4.17. The number of rotatable bonds is 5. The Bertz CT molecular complexity index is 338. The molecule has 1 aliphatic rings. The predicted molar refractivity (Wildman–Crippen MR) is 70.3 cm³/mol. The number of hydrogen-bond donors (Lipinski definition) is 1. The van der Waals surface area contributed by atoms with Crippen LogP contribution in [-0.4, -0.2) is 24.2 Å². The second kappa shape index (κ2) is 5.60. The second-order valence-electron chi connectivity index (χ2n) is 4.29. The maximum absolute atomic E-state index is 5.99. The van der Waals surface area contributed by atoms with Crippen LogP contribution in [-0.2, 0) is 0 Å². The van der Waals surface area contributed by atoms with Crippen molar-refractivity contribution in [3.05, 3.63) is 29.8 Å². The van der Waals surface area contributed by atoms with Crippen molar-refractivity contribution in [3.63, 3.8) is 0 Å². The number of benzene rings is 1. The van der Waals surface area contributed by atoms with Crippen LogP contribution < -0.4 is 10.5 Å². The maximum atomic E-state index is 5.99. The Hall–Kier alpha value is -0.670. The molecular formula is C13H19NOS. The lowest BCUT2D eigenvalue weighted by Crippen LogP contribution is -2.31. The highest BCUT2D eigenvalue weighted by molar-refractivity contribution is 8.00. The normalized spacial score (nSPS) is 17.9. The van der Waals surface area contributed by atoms with E-state index in [1.165, 1.54) is 5.56 Å². The van der Waals surface area contributed by atoms with Crippen molar-refractivity contribution in [2.75, 3.05) is 18.1 Å². The van der Waals surface area contributed by atoms with Crippen molar-refractivity contribution >= 4 is 11.8 Å². The molecule has 2 N–H and O–H groups in total. The van der Waals surface area contributed by atoms with Gasteiger partial charge in [0.25, 0.3) is 0 Å². The van der Waals surface area contributed by atoms with Crippen LogP contribution in [0.2, 0.25) is 0 Å². The number of nitrogens with two attached hydrogens (primary N) is 1. The van der Waals surface area contributed by atoms with E-state index in [4.69, 9.17) is 10.5 Å². The van der Waals surface area contributed by atoms with E-state index in [-0.39, 0.29) is 0 Å². The summed E-state index contributed by atoms with van der Waals surface area (Å²) in [5, 5.41) is 0. The van der Waals surface area contributed by atoms with Crippen LogP contribution in [0.5, 0.6) is 5.75 Å². The van der Waals surface area contributed by atoms with Gasteiger partial charge in [-0.2, -0.15) is 11.8 Å². The first-order valence-electron chi connectivity index (χ1n) is 5.84. The Morgan fingerprint density at radius 3 is 2.81 bits per heavy atom.